The van der Waals surface area contributed by atoms with Crippen molar-refractivity contribution >= 4 is 23.7 Å². The highest BCUT2D eigenvalue weighted by Crippen LogP contribution is 2.56. The van der Waals surface area contributed by atoms with Crippen LogP contribution in [0.25, 0.3) is 0 Å². The van der Waals surface area contributed by atoms with E-state index in [1.807, 2.05) is 47.4 Å². The van der Waals surface area contributed by atoms with Gasteiger partial charge in [-0.25, -0.2) is 0 Å². The van der Waals surface area contributed by atoms with Gasteiger partial charge in [-0.3, -0.25) is 19.2 Å². The van der Waals surface area contributed by atoms with Gasteiger partial charge in [-0.15, -0.1) is 0 Å². The first kappa shape index (κ1) is 30.5. The van der Waals surface area contributed by atoms with E-state index in [0.29, 0.717) is 19.4 Å². The second-order valence-corrected chi connectivity index (χ2v) is 12.8. The van der Waals surface area contributed by atoms with Crippen molar-refractivity contribution in [3.63, 3.8) is 0 Å². The summed E-state index contributed by atoms with van der Waals surface area (Å²) in [6.45, 7) is 1.83. The molecule has 1 aliphatic carbocycles. The number of carbonyl (C=O) groups excluding carboxylic acids is 4. The second-order valence-electron chi connectivity index (χ2n) is 12.8. The minimum absolute atomic E-state index is 0.00965. The first-order valence-electron chi connectivity index (χ1n) is 16.1. The summed E-state index contributed by atoms with van der Waals surface area (Å²) < 4.78 is 12.3. The van der Waals surface area contributed by atoms with Gasteiger partial charge >= 0.3 is 5.97 Å². The van der Waals surface area contributed by atoms with Crippen molar-refractivity contribution in [2.24, 2.45) is 11.8 Å². The lowest BCUT2D eigenvalue weighted by Crippen LogP contribution is -2.60. The highest BCUT2D eigenvalue weighted by atomic mass is 16.6. The van der Waals surface area contributed by atoms with Gasteiger partial charge < -0.3 is 29.7 Å². The van der Waals surface area contributed by atoms with Crippen LogP contribution in [-0.2, 0) is 35.1 Å². The Balaban J connectivity index is 1.43. The van der Waals surface area contributed by atoms with Crippen molar-refractivity contribution in [1.29, 1.82) is 0 Å². The molecule has 5 bridgehead atoms. The number of esters is 1. The molecule has 44 heavy (non-hydrogen) atoms. The van der Waals surface area contributed by atoms with Gasteiger partial charge in [-0.1, -0.05) is 73.9 Å². The van der Waals surface area contributed by atoms with Crippen LogP contribution in [0.4, 0.5) is 0 Å². The second kappa shape index (κ2) is 12.9. The number of hydrogen-bond donors (Lipinski definition) is 2. The summed E-state index contributed by atoms with van der Waals surface area (Å²) in [7, 11) is 0. The fourth-order valence-electron chi connectivity index (χ4n) is 7.84. The number of likely N-dealkylation sites (tertiary alicyclic amines) is 1. The van der Waals surface area contributed by atoms with Gasteiger partial charge in [-0.05, 0) is 38.2 Å². The largest absolute Gasteiger partial charge is 0.460 e. The number of allylic oxidation sites excluding steroid dienone is 1. The molecule has 10 nitrogen and oxygen atoms in total. The zero-order valence-corrected chi connectivity index (χ0v) is 25.3. The van der Waals surface area contributed by atoms with Gasteiger partial charge in [0.05, 0.1) is 31.2 Å². The highest BCUT2D eigenvalue weighted by Gasteiger charge is 2.74. The standard InChI is InChI=1S/C34H43N3O7/c1-22-20-35-27(39)15-9-4-10-18-36(24-13-7-3-8-14-24)32(41)30-34-17-16-26(44-34)28(33(42)43-22)29(34)31(40)37(30)25(21-38)19-23-11-5-2-6-12-23/h2,4-6,10-12,16-17,22,24-26,28-30,38H,3,7-9,13-15,18-21H2,1H3,(H,35,39)/b10-4-/t22-,25-,26+,28-,29-,30+,34-/m1/s1. The van der Waals surface area contributed by atoms with Gasteiger partial charge in [0.15, 0.2) is 0 Å². The van der Waals surface area contributed by atoms with Crippen molar-refractivity contribution in [2.75, 3.05) is 19.7 Å². The van der Waals surface area contributed by atoms with Crippen LogP contribution >= 0.6 is 0 Å². The number of nitrogens with zero attached hydrogens (tertiary/aromatic N) is 2. The summed E-state index contributed by atoms with van der Waals surface area (Å²) >= 11 is 0. The predicted molar refractivity (Wildman–Crippen MR) is 161 cm³/mol. The van der Waals surface area contributed by atoms with Gasteiger partial charge in [0.2, 0.25) is 17.7 Å². The van der Waals surface area contributed by atoms with Gasteiger partial charge in [0, 0.05) is 19.0 Å². The molecule has 2 N–H and O–H groups in total. The molecule has 0 unspecified atom stereocenters. The number of benzene rings is 1. The summed E-state index contributed by atoms with van der Waals surface area (Å²) in [4.78, 5) is 59.0. The molecule has 6 rings (SSSR count). The van der Waals surface area contributed by atoms with E-state index >= 15 is 0 Å². The SMILES string of the molecule is C[C@@H]1CNC(=O)CC/C=C\CN(C2CCCCC2)C(=O)[C@@H]2N([C@@H](CO)Cc3ccccc3)C(=O)[C@H]3[C@H](C(=O)O1)[C@@H]1C=C[C@]23O1. The maximum Gasteiger partial charge on any atom is 0.313 e. The van der Waals surface area contributed by atoms with Crippen LogP contribution in [0.3, 0.4) is 0 Å². The molecule has 1 saturated carbocycles. The third-order valence-electron chi connectivity index (χ3n) is 9.95. The molecule has 3 amide bonds. The lowest BCUT2D eigenvalue weighted by molar-refractivity contribution is -0.159. The first-order valence-corrected chi connectivity index (χ1v) is 16.1. The summed E-state index contributed by atoms with van der Waals surface area (Å²) in [5.41, 5.74) is -0.427. The topological polar surface area (TPSA) is 125 Å². The zero-order chi connectivity index (χ0) is 30.8. The molecular weight excluding hydrogens is 562 g/mol. The van der Waals surface area contributed by atoms with Crippen LogP contribution < -0.4 is 5.32 Å². The van der Waals surface area contributed by atoms with Gasteiger partial charge in [0.1, 0.15) is 23.7 Å². The van der Waals surface area contributed by atoms with Crippen molar-refractivity contribution in [1.82, 2.24) is 15.1 Å². The fourth-order valence-corrected chi connectivity index (χ4v) is 7.84. The minimum atomic E-state index is -1.35. The quantitative estimate of drug-likeness (QED) is 0.390. The number of aliphatic hydroxyl groups excluding tert-OH is 1. The Kier molecular flexibility index (Phi) is 8.91. The summed E-state index contributed by atoms with van der Waals surface area (Å²) in [5, 5.41) is 13.5. The van der Waals surface area contributed by atoms with E-state index in [4.69, 9.17) is 9.47 Å². The summed E-state index contributed by atoms with van der Waals surface area (Å²) in [5.74, 6) is -3.27. The van der Waals surface area contributed by atoms with E-state index in [-0.39, 0.29) is 43.3 Å². The Hall–Kier alpha value is -3.50. The number of hydrogen-bond acceptors (Lipinski definition) is 7. The van der Waals surface area contributed by atoms with E-state index in [1.165, 1.54) is 4.90 Å². The number of nitrogens with one attached hydrogen (secondary N) is 1. The Labute approximate surface area is 258 Å². The van der Waals surface area contributed by atoms with E-state index in [9.17, 15) is 24.3 Å². The average molecular weight is 606 g/mol. The molecule has 0 aromatic heterocycles. The number of cyclic esters (lactones) is 1. The molecule has 2 saturated heterocycles. The summed E-state index contributed by atoms with van der Waals surface area (Å²) in [6, 6.07) is 7.82. The van der Waals surface area contributed by atoms with Crippen LogP contribution in [0.2, 0.25) is 0 Å². The Morgan fingerprint density at radius 3 is 2.57 bits per heavy atom. The Morgan fingerprint density at radius 1 is 1.05 bits per heavy atom. The molecule has 4 aliphatic heterocycles. The van der Waals surface area contributed by atoms with E-state index in [0.717, 1.165) is 37.7 Å². The average Bonchev–Trinajstić information content (AvgIpc) is 3.68. The summed E-state index contributed by atoms with van der Waals surface area (Å²) in [6.07, 6.45) is 12.1. The maximum absolute atomic E-state index is 15.0. The van der Waals surface area contributed by atoms with Crippen molar-refractivity contribution in [2.45, 2.75) is 94.2 Å². The number of rotatable bonds is 5. The molecule has 1 aromatic rings. The molecule has 1 aromatic carbocycles. The van der Waals surface area contributed by atoms with Crippen molar-refractivity contribution < 1.29 is 33.8 Å². The van der Waals surface area contributed by atoms with E-state index < -0.39 is 47.7 Å². The zero-order valence-electron chi connectivity index (χ0n) is 25.3. The molecule has 0 radical (unpaired) electrons. The number of fused-ring (bicyclic) bond motifs is 2. The first-order chi connectivity index (χ1) is 21.3. The lowest BCUT2D eigenvalue weighted by atomic mass is 9.74. The molecule has 10 heteroatoms. The minimum Gasteiger partial charge on any atom is -0.460 e. The van der Waals surface area contributed by atoms with Gasteiger partial charge in [0.25, 0.3) is 0 Å². The van der Waals surface area contributed by atoms with Crippen LogP contribution in [0, 0.1) is 11.8 Å². The number of aliphatic hydroxyl groups is 1. The molecule has 4 heterocycles. The molecular formula is C34H43N3O7. The molecule has 236 valence electrons. The van der Waals surface area contributed by atoms with Crippen molar-refractivity contribution in [3.8, 4) is 0 Å². The maximum atomic E-state index is 15.0. The third kappa shape index (κ3) is 5.58. The molecule has 3 fully saturated rings. The number of carbonyl (C=O) groups is 4. The van der Waals surface area contributed by atoms with Crippen molar-refractivity contribution in [3.05, 3.63) is 60.2 Å². The lowest BCUT2D eigenvalue weighted by Gasteiger charge is -2.42. The Bertz CT molecular complexity index is 1310. The van der Waals surface area contributed by atoms with Crippen LogP contribution in [-0.4, -0.2) is 94.2 Å². The number of ether oxygens (including phenoxy) is 2. The smallest absolute Gasteiger partial charge is 0.313 e. The van der Waals surface area contributed by atoms with E-state index in [2.05, 4.69) is 5.32 Å². The van der Waals surface area contributed by atoms with Gasteiger partial charge in [-0.2, -0.15) is 0 Å². The number of amides is 3. The predicted octanol–water partition coefficient (Wildman–Crippen LogP) is 2.30. The monoisotopic (exact) mass is 605 g/mol. The van der Waals surface area contributed by atoms with Crippen LogP contribution in [0.15, 0.2) is 54.6 Å². The molecule has 1 spiro atoms. The highest BCUT2D eigenvalue weighted by molar-refractivity contribution is 5.99. The fraction of sp³-hybridized carbons (Fsp3) is 0.588. The molecule has 5 aliphatic rings. The van der Waals surface area contributed by atoms with Crippen LogP contribution in [0.5, 0.6) is 0 Å². The van der Waals surface area contributed by atoms with E-state index in [1.54, 1.807) is 19.1 Å². The molecule has 7 atom stereocenters. The van der Waals surface area contributed by atoms with Crippen LogP contribution in [0.1, 0.15) is 57.4 Å². The Morgan fingerprint density at radius 2 is 1.82 bits per heavy atom. The third-order valence-corrected chi connectivity index (χ3v) is 9.95. The normalized spacial score (nSPS) is 34.5.